The molecule has 1 aromatic heterocycles. The Bertz CT molecular complexity index is 357. The van der Waals surface area contributed by atoms with Gasteiger partial charge < -0.3 is 4.74 Å². The van der Waals surface area contributed by atoms with E-state index >= 15 is 0 Å². The van der Waals surface area contributed by atoms with Gasteiger partial charge in [-0.25, -0.2) is 9.97 Å². The Hall–Kier alpha value is -0.190. The summed E-state index contributed by atoms with van der Waals surface area (Å²) in [6.07, 6.45) is 4.09. The van der Waals surface area contributed by atoms with Crippen LogP contribution >= 0.6 is 27.5 Å². The minimum Gasteiger partial charge on any atom is -0.370 e. The SMILES string of the molecule is CCOC(c1ncc(Br)c(Cl)n1)C1CC1. The maximum atomic E-state index is 5.93. The molecule has 1 aliphatic carbocycles. The van der Waals surface area contributed by atoms with Crippen molar-refractivity contribution in [1.82, 2.24) is 9.97 Å². The molecule has 0 N–H and O–H groups in total. The Balaban J connectivity index is 2.21. The van der Waals surface area contributed by atoms with Gasteiger partial charge in [-0.2, -0.15) is 0 Å². The van der Waals surface area contributed by atoms with E-state index in [9.17, 15) is 0 Å². The molecule has 1 fully saturated rings. The van der Waals surface area contributed by atoms with Gasteiger partial charge in [-0.1, -0.05) is 11.6 Å². The maximum Gasteiger partial charge on any atom is 0.159 e. The van der Waals surface area contributed by atoms with Crippen LogP contribution in [0.15, 0.2) is 10.7 Å². The van der Waals surface area contributed by atoms with Gasteiger partial charge in [0.15, 0.2) is 5.82 Å². The van der Waals surface area contributed by atoms with Crippen molar-refractivity contribution in [3.05, 3.63) is 21.6 Å². The second-order valence-electron chi connectivity index (χ2n) is 3.58. The molecule has 0 radical (unpaired) electrons. The third-order valence-corrected chi connectivity index (χ3v) is 3.47. The molecule has 1 atom stereocenters. The van der Waals surface area contributed by atoms with Gasteiger partial charge >= 0.3 is 0 Å². The van der Waals surface area contributed by atoms with E-state index < -0.39 is 0 Å². The zero-order chi connectivity index (χ0) is 10.8. The quantitative estimate of drug-likeness (QED) is 0.798. The van der Waals surface area contributed by atoms with E-state index in [-0.39, 0.29) is 6.10 Å². The van der Waals surface area contributed by atoms with E-state index in [4.69, 9.17) is 16.3 Å². The Morgan fingerprint density at radius 1 is 1.67 bits per heavy atom. The molecule has 0 aliphatic heterocycles. The van der Waals surface area contributed by atoms with Crippen molar-refractivity contribution >= 4 is 27.5 Å². The number of rotatable bonds is 4. The van der Waals surface area contributed by atoms with Crippen LogP contribution in [-0.2, 0) is 4.74 Å². The minimum absolute atomic E-state index is 0.0144. The summed E-state index contributed by atoms with van der Waals surface area (Å²) in [4.78, 5) is 8.49. The first-order valence-electron chi connectivity index (χ1n) is 5.02. The molecule has 0 bridgehead atoms. The molecular formula is C10H12BrClN2O. The summed E-state index contributed by atoms with van der Waals surface area (Å²) in [5.41, 5.74) is 0. The van der Waals surface area contributed by atoms with E-state index in [2.05, 4.69) is 25.9 Å². The Kier molecular flexibility index (Phi) is 3.59. The molecule has 1 saturated carbocycles. The fourth-order valence-electron chi connectivity index (χ4n) is 1.50. The fourth-order valence-corrected chi connectivity index (χ4v) is 1.82. The summed E-state index contributed by atoms with van der Waals surface area (Å²) in [6.45, 7) is 2.66. The van der Waals surface area contributed by atoms with Crippen molar-refractivity contribution in [1.29, 1.82) is 0 Å². The van der Waals surface area contributed by atoms with Crippen molar-refractivity contribution < 1.29 is 4.74 Å². The molecule has 3 nitrogen and oxygen atoms in total. The van der Waals surface area contributed by atoms with Crippen LogP contribution in [-0.4, -0.2) is 16.6 Å². The number of aromatic nitrogens is 2. The zero-order valence-electron chi connectivity index (χ0n) is 8.41. The third-order valence-electron chi connectivity index (χ3n) is 2.37. The van der Waals surface area contributed by atoms with Gasteiger partial charge in [0.2, 0.25) is 0 Å². The second-order valence-corrected chi connectivity index (χ2v) is 4.79. The highest BCUT2D eigenvalue weighted by Crippen LogP contribution is 2.42. The van der Waals surface area contributed by atoms with E-state index in [1.165, 1.54) is 12.8 Å². The summed E-state index contributed by atoms with van der Waals surface area (Å²) in [7, 11) is 0. The van der Waals surface area contributed by atoms with Crippen LogP contribution in [0.1, 0.15) is 31.7 Å². The lowest BCUT2D eigenvalue weighted by Crippen LogP contribution is -2.10. The summed E-state index contributed by atoms with van der Waals surface area (Å²) < 4.78 is 6.37. The molecule has 15 heavy (non-hydrogen) atoms. The molecule has 2 rings (SSSR count). The fraction of sp³-hybridized carbons (Fsp3) is 0.600. The van der Waals surface area contributed by atoms with Gasteiger partial charge in [0.1, 0.15) is 11.3 Å². The molecule has 0 amide bonds. The number of nitrogens with zero attached hydrogens (tertiary/aromatic N) is 2. The smallest absolute Gasteiger partial charge is 0.159 e. The maximum absolute atomic E-state index is 5.93. The topological polar surface area (TPSA) is 35.0 Å². The van der Waals surface area contributed by atoms with Gasteiger partial charge in [-0.05, 0) is 41.6 Å². The summed E-state index contributed by atoms with van der Waals surface area (Å²) in [5.74, 6) is 1.27. The van der Waals surface area contributed by atoms with Crippen molar-refractivity contribution in [2.24, 2.45) is 5.92 Å². The van der Waals surface area contributed by atoms with Crippen molar-refractivity contribution in [3.63, 3.8) is 0 Å². The molecule has 82 valence electrons. The van der Waals surface area contributed by atoms with Gasteiger partial charge in [0, 0.05) is 12.8 Å². The lowest BCUT2D eigenvalue weighted by atomic mass is 10.2. The van der Waals surface area contributed by atoms with Crippen LogP contribution in [0.2, 0.25) is 5.15 Å². The van der Waals surface area contributed by atoms with E-state index in [0.717, 1.165) is 4.47 Å². The third kappa shape index (κ3) is 2.68. The summed E-state index contributed by atoms with van der Waals surface area (Å²) in [6, 6.07) is 0. The first-order valence-corrected chi connectivity index (χ1v) is 6.19. The number of halogens is 2. The Labute approximate surface area is 102 Å². The van der Waals surface area contributed by atoms with Gasteiger partial charge in [0.05, 0.1) is 4.47 Å². The normalized spacial score (nSPS) is 17.8. The number of hydrogen-bond donors (Lipinski definition) is 0. The van der Waals surface area contributed by atoms with Crippen LogP contribution in [0.3, 0.4) is 0 Å². The highest BCUT2D eigenvalue weighted by atomic mass is 79.9. The summed E-state index contributed by atoms with van der Waals surface area (Å²) in [5, 5.41) is 0.449. The van der Waals surface area contributed by atoms with Gasteiger partial charge in [-0.3, -0.25) is 0 Å². The second kappa shape index (κ2) is 4.76. The van der Waals surface area contributed by atoms with Crippen LogP contribution in [0.25, 0.3) is 0 Å². The van der Waals surface area contributed by atoms with Crippen molar-refractivity contribution in [2.75, 3.05) is 6.61 Å². The van der Waals surface area contributed by atoms with Crippen LogP contribution < -0.4 is 0 Å². The van der Waals surface area contributed by atoms with E-state index in [1.54, 1.807) is 6.20 Å². The summed E-state index contributed by atoms with van der Waals surface area (Å²) >= 11 is 9.20. The molecule has 1 aliphatic rings. The van der Waals surface area contributed by atoms with Crippen molar-refractivity contribution in [2.45, 2.75) is 25.9 Å². The Morgan fingerprint density at radius 3 is 2.93 bits per heavy atom. The largest absolute Gasteiger partial charge is 0.370 e. The van der Waals surface area contributed by atoms with Gasteiger partial charge in [-0.15, -0.1) is 0 Å². The average Bonchev–Trinajstić information content (AvgIpc) is 3.02. The molecule has 1 unspecified atom stereocenters. The van der Waals surface area contributed by atoms with E-state index in [1.807, 2.05) is 6.92 Å². The highest BCUT2D eigenvalue weighted by Gasteiger charge is 2.35. The lowest BCUT2D eigenvalue weighted by molar-refractivity contribution is 0.0400. The monoisotopic (exact) mass is 290 g/mol. The molecule has 0 spiro atoms. The minimum atomic E-state index is 0.0144. The molecule has 1 heterocycles. The standard InChI is InChI=1S/C10H12BrClN2O/c1-2-15-8(6-3-4-6)10-13-5-7(11)9(12)14-10/h5-6,8H,2-4H2,1H3. The molecule has 1 aromatic rings. The predicted molar refractivity (Wildman–Crippen MR) is 61.8 cm³/mol. The Morgan fingerprint density at radius 2 is 2.40 bits per heavy atom. The number of ether oxygens (including phenoxy) is 1. The molecule has 0 saturated heterocycles. The zero-order valence-corrected chi connectivity index (χ0v) is 10.8. The molecule has 5 heteroatoms. The molecular weight excluding hydrogens is 279 g/mol. The highest BCUT2D eigenvalue weighted by molar-refractivity contribution is 9.10. The van der Waals surface area contributed by atoms with Crippen LogP contribution in [0.4, 0.5) is 0 Å². The van der Waals surface area contributed by atoms with Crippen molar-refractivity contribution in [3.8, 4) is 0 Å². The first-order chi connectivity index (χ1) is 7.22. The number of hydrogen-bond acceptors (Lipinski definition) is 3. The molecule has 0 aromatic carbocycles. The van der Waals surface area contributed by atoms with Gasteiger partial charge in [0.25, 0.3) is 0 Å². The van der Waals surface area contributed by atoms with Crippen LogP contribution in [0, 0.1) is 5.92 Å². The average molecular weight is 292 g/mol. The van der Waals surface area contributed by atoms with E-state index in [0.29, 0.717) is 23.5 Å². The first kappa shape index (κ1) is 11.3. The predicted octanol–water partition coefficient (Wildman–Crippen LogP) is 3.38. The van der Waals surface area contributed by atoms with Crippen LogP contribution in [0.5, 0.6) is 0 Å². The lowest BCUT2D eigenvalue weighted by Gasteiger charge is -2.14.